The summed E-state index contributed by atoms with van der Waals surface area (Å²) in [5.41, 5.74) is 0. The van der Waals surface area contributed by atoms with Gasteiger partial charge in [0.15, 0.2) is 5.05 Å². The fraction of sp³-hybridized carbons (Fsp3) is 0.923. The monoisotopic (exact) mass is 230 g/mol. The molecule has 15 heavy (non-hydrogen) atoms. The molecule has 0 atom stereocenters. The molecule has 0 bridgehead atoms. The fourth-order valence-corrected chi connectivity index (χ4v) is 1.85. The lowest BCUT2D eigenvalue weighted by Gasteiger charge is -2.05. The third kappa shape index (κ3) is 11.8. The van der Waals surface area contributed by atoms with Crippen molar-refractivity contribution in [3.63, 3.8) is 0 Å². The molecule has 2 heteroatoms. The lowest BCUT2D eigenvalue weighted by Crippen LogP contribution is -2.00. The molecule has 0 aromatic rings. The predicted octanol–water partition coefficient (Wildman–Crippen LogP) is 4.74. The minimum atomic E-state index is 0.715. The van der Waals surface area contributed by atoms with Crippen LogP contribution in [0.25, 0.3) is 0 Å². The van der Waals surface area contributed by atoms with Gasteiger partial charge in [-0.2, -0.15) is 0 Å². The van der Waals surface area contributed by atoms with Crippen molar-refractivity contribution < 1.29 is 4.74 Å². The van der Waals surface area contributed by atoms with E-state index in [0.29, 0.717) is 6.61 Å². The van der Waals surface area contributed by atoms with Crippen LogP contribution >= 0.6 is 12.2 Å². The molecule has 0 saturated heterocycles. The van der Waals surface area contributed by atoms with Gasteiger partial charge in [-0.15, -0.1) is 0 Å². The van der Waals surface area contributed by atoms with E-state index in [4.69, 9.17) is 17.0 Å². The maximum Gasteiger partial charge on any atom is 0.159 e. The molecular formula is C13H26OS. The highest BCUT2D eigenvalue weighted by molar-refractivity contribution is 7.80. The summed E-state index contributed by atoms with van der Waals surface area (Å²) >= 11 is 5.07. The molecule has 0 fully saturated rings. The molecule has 0 rings (SSSR count). The molecular weight excluding hydrogens is 204 g/mol. The van der Waals surface area contributed by atoms with Gasteiger partial charge in [-0.25, -0.2) is 0 Å². The van der Waals surface area contributed by atoms with Gasteiger partial charge in [-0.1, -0.05) is 46.0 Å². The highest BCUT2D eigenvalue weighted by Crippen LogP contribution is 2.11. The van der Waals surface area contributed by atoms with Gasteiger partial charge >= 0.3 is 0 Å². The Hall–Kier alpha value is -0.110. The van der Waals surface area contributed by atoms with Crippen LogP contribution in [0, 0.1) is 5.92 Å². The first-order valence-electron chi connectivity index (χ1n) is 6.32. The van der Waals surface area contributed by atoms with E-state index in [2.05, 4.69) is 13.8 Å². The van der Waals surface area contributed by atoms with Crippen molar-refractivity contribution in [3.8, 4) is 0 Å². The molecule has 0 aromatic carbocycles. The minimum Gasteiger partial charge on any atom is -0.487 e. The van der Waals surface area contributed by atoms with E-state index in [0.717, 1.165) is 17.4 Å². The van der Waals surface area contributed by atoms with Crippen LogP contribution in [0.5, 0.6) is 0 Å². The molecule has 0 saturated carbocycles. The zero-order valence-corrected chi connectivity index (χ0v) is 11.4. The van der Waals surface area contributed by atoms with E-state index in [1.54, 1.807) is 0 Å². The van der Waals surface area contributed by atoms with Crippen LogP contribution in [-0.2, 0) is 4.74 Å². The van der Waals surface area contributed by atoms with Gasteiger partial charge in [0, 0.05) is 6.42 Å². The number of thiocarbonyl (C=S) groups is 1. The number of unbranched alkanes of at least 4 members (excludes halogenated alkanes) is 4. The van der Waals surface area contributed by atoms with Crippen LogP contribution in [0.15, 0.2) is 0 Å². The van der Waals surface area contributed by atoms with Crippen LogP contribution in [0.3, 0.4) is 0 Å². The van der Waals surface area contributed by atoms with E-state index in [1.165, 1.54) is 38.5 Å². The second kappa shape index (κ2) is 10.4. The van der Waals surface area contributed by atoms with Crippen molar-refractivity contribution in [3.05, 3.63) is 0 Å². The molecule has 0 N–H and O–H groups in total. The topological polar surface area (TPSA) is 9.23 Å². The van der Waals surface area contributed by atoms with Crippen LogP contribution in [0.1, 0.15) is 65.7 Å². The molecule has 0 unspecified atom stereocenters. The maximum atomic E-state index is 5.23. The first-order chi connectivity index (χ1) is 7.16. The Labute approximate surface area is 101 Å². The molecule has 0 heterocycles. The second-order valence-corrected chi connectivity index (χ2v) is 4.96. The van der Waals surface area contributed by atoms with Crippen LogP contribution in [0.4, 0.5) is 0 Å². The van der Waals surface area contributed by atoms with E-state index in [1.807, 2.05) is 6.92 Å². The summed E-state index contributed by atoms with van der Waals surface area (Å²) in [4.78, 5) is 0. The zero-order valence-electron chi connectivity index (χ0n) is 10.6. The molecule has 0 aliphatic rings. The summed E-state index contributed by atoms with van der Waals surface area (Å²) in [5.74, 6) is 0.857. The Balaban J connectivity index is 3.08. The van der Waals surface area contributed by atoms with Gasteiger partial charge in [0.25, 0.3) is 0 Å². The molecule has 0 amide bonds. The van der Waals surface area contributed by atoms with Crippen molar-refractivity contribution in [2.24, 2.45) is 5.92 Å². The first kappa shape index (κ1) is 14.9. The summed E-state index contributed by atoms with van der Waals surface area (Å²) in [6.45, 7) is 7.28. The Morgan fingerprint density at radius 3 is 2.27 bits per heavy atom. The predicted molar refractivity (Wildman–Crippen MR) is 71.4 cm³/mol. The highest BCUT2D eigenvalue weighted by atomic mass is 32.1. The Bertz CT molecular complexity index is 155. The summed E-state index contributed by atoms with van der Waals surface area (Å²) in [6, 6.07) is 0. The maximum absolute atomic E-state index is 5.23. The average Bonchev–Trinajstić information content (AvgIpc) is 2.16. The van der Waals surface area contributed by atoms with Crippen molar-refractivity contribution in [1.82, 2.24) is 0 Å². The highest BCUT2D eigenvalue weighted by Gasteiger charge is 1.97. The Kier molecular flexibility index (Phi) is 10.3. The summed E-state index contributed by atoms with van der Waals surface area (Å²) in [7, 11) is 0. The van der Waals surface area contributed by atoms with Gasteiger partial charge in [0.05, 0.1) is 6.61 Å². The molecule has 0 radical (unpaired) electrons. The quantitative estimate of drug-likeness (QED) is 0.418. The van der Waals surface area contributed by atoms with Crippen LogP contribution < -0.4 is 0 Å². The van der Waals surface area contributed by atoms with Gasteiger partial charge in [0.2, 0.25) is 0 Å². The largest absolute Gasteiger partial charge is 0.487 e. The molecule has 0 aliphatic carbocycles. The van der Waals surface area contributed by atoms with Crippen molar-refractivity contribution >= 4 is 17.3 Å². The van der Waals surface area contributed by atoms with Gasteiger partial charge in [-0.3, -0.25) is 0 Å². The van der Waals surface area contributed by atoms with Crippen LogP contribution in [0.2, 0.25) is 0 Å². The second-order valence-electron chi connectivity index (χ2n) is 4.51. The van der Waals surface area contributed by atoms with Crippen LogP contribution in [-0.4, -0.2) is 11.7 Å². The SMILES string of the molecule is CCOC(=S)CCCCCCCC(C)C. The van der Waals surface area contributed by atoms with Crippen molar-refractivity contribution in [2.75, 3.05) is 6.61 Å². The fourth-order valence-electron chi connectivity index (χ4n) is 1.59. The number of hydrogen-bond donors (Lipinski definition) is 0. The van der Waals surface area contributed by atoms with Crippen molar-refractivity contribution in [1.29, 1.82) is 0 Å². The number of ether oxygens (including phenoxy) is 1. The standard InChI is InChI=1S/C13H26OS/c1-4-14-13(15)11-9-7-5-6-8-10-12(2)3/h12H,4-11H2,1-3H3. The van der Waals surface area contributed by atoms with E-state index in [9.17, 15) is 0 Å². The van der Waals surface area contributed by atoms with Gasteiger partial charge < -0.3 is 4.74 Å². The van der Waals surface area contributed by atoms with E-state index >= 15 is 0 Å². The Morgan fingerprint density at radius 2 is 1.67 bits per heavy atom. The van der Waals surface area contributed by atoms with Gasteiger partial charge in [0.1, 0.15) is 0 Å². The van der Waals surface area contributed by atoms with Crippen molar-refractivity contribution in [2.45, 2.75) is 65.7 Å². The number of hydrogen-bond acceptors (Lipinski definition) is 2. The van der Waals surface area contributed by atoms with E-state index < -0.39 is 0 Å². The summed E-state index contributed by atoms with van der Waals surface area (Å²) in [6.07, 6.45) is 8.94. The third-order valence-electron chi connectivity index (χ3n) is 2.47. The minimum absolute atomic E-state index is 0.715. The molecule has 1 nitrogen and oxygen atoms in total. The van der Waals surface area contributed by atoms with E-state index in [-0.39, 0.29) is 0 Å². The first-order valence-corrected chi connectivity index (χ1v) is 6.73. The smallest absolute Gasteiger partial charge is 0.159 e. The summed E-state index contributed by atoms with van der Waals surface area (Å²) in [5, 5.41) is 0.791. The molecule has 0 spiro atoms. The van der Waals surface area contributed by atoms with Gasteiger partial charge in [-0.05, 0) is 31.5 Å². The molecule has 0 aliphatic heterocycles. The molecule has 90 valence electrons. The lowest BCUT2D eigenvalue weighted by molar-refractivity contribution is 0.325. The normalized spacial score (nSPS) is 10.7. The average molecular weight is 230 g/mol. The zero-order chi connectivity index (χ0) is 11.5. The lowest BCUT2D eigenvalue weighted by atomic mass is 10.0. The Morgan fingerprint density at radius 1 is 1.07 bits per heavy atom. The molecule has 0 aromatic heterocycles. The third-order valence-corrected chi connectivity index (χ3v) is 2.79. The summed E-state index contributed by atoms with van der Waals surface area (Å²) < 4.78 is 5.23. The number of rotatable bonds is 9.